The van der Waals surface area contributed by atoms with Gasteiger partial charge in [0.1, 0.15) is 6.54 Å². The summed E-state index contributed by atoms with van der Waals surface area (Å²) in [5.41, 5.74) is -1.33. The number of Topliss-reactive ketones (excluding diaryl/α,β-unsaturated/α-hetero) is 2. The molecule has 0 aliphatic rings. The predicted octanol–water partition coefficient (Wildman–Crippen LogP) is 3.56. The average molecular weight is 576 g/mol. The number of hydrogen-bond donors (Lipinski definition) is 3. The van der Waals surface area contributed by atoms with Crippen molar-refractivity contribution in [3.8, 4) is 0 Å². The number of anilines is 1. The van der Waals surface area contributed by atoms with Gasteiger partial charge in [-0.3, -0.25) is 28.8 Å². The lowest BCUT2D eigenvalue weighted by Gasteiger charge is -2.31. The summed E-state index contributed by atoms with van der Waals surface area (Å²) in [4.78, 5) is 75.1. The van der Waals surface area contributed by atoms with Crippen LogP contribution in [-0.2, 0) is 23.9 Å². The summed E-state index contributed by atoms with van der Waals surface area (Å²) < 4.78 is 6.04. The first kappa shape index (κ1) is 35.4. The third kappa shape index (κ3) is 11.8. The number of nitrogens with one attached hydrogen (secondary N) is 2. The van der Waals surface area contributed by atoms with Crippen molar-refractivity contribution in [2.75, 3.05) is 32.1 Å². The molecule has 3 N–H and O–H groups in total. The summed E-state index contributed by atoms with van der Waals surface area (Å²) >= 11 is 0. The van der Waals surface area contributed by atoms with Crippen LogP contribution in [0.4, 0.5) is 5.69 Å². The molecule has 0 saturated carbocycles. The van der Waals surface area contributed by atoms with Crippen molar-refractivity contribution in [3.63, 3.8) is 0 Å². The third-order valence-electron chi connectivity index (χ3n) is 6.50. The zero-order chi connectivity index (χ0) is 31.7. The highest BCUT2D eigenvalue weighted by molar-refractivity contribution is 6.04. The smallest absolute Gasteiger partial charge is 0.322 e. The van der Waals surface area contributed by atoms with Gasteiger partial charge in [-0.2, -0.15) is 0 Å². The van der Waals surface area contributed by atoms with Crippen molar-refractivity contribution in [2.45, 2.75) is 73.8 Å². The Morgan fingerprint density at radius 1 is 0.927 bits per heavy atom. The lowest BCUT2D eigenvalue weighted by molar-refractivity contribution is -0.138. The molecular weight excluding hydrogens is 530 g/mol. The number of nitrogens with zero attached hydrogens (tertiary/aromatic N) is 1. The first-order chi connectivity index (χ1) is 18.8. The molecule has 0 heterocycles. The van der Waals surface area contributed by atoms with Gasteiger partial charge < -0.3 is 25.4 Å². The first-order valence-electron chi connectivity index (χ1n) is 13.7. The summed E-state index contributed by atoms with van der Waals surface area (Å²) in [7, 11) is 1.59. The Labute approximate surface area is 242 Å². The van der Waals surface area contributed by atoms with Crippen LogP contribution in [0.1, 0.15) is 88.9 Å². The maximum atomic E-state index is 13.2. The van der Waals surface area contributed by atoms with Crippen LogP contribution >= 0.6 is 0 Å². The van der Waals surface area contributed by atoms with Gasteiger partial charge in [-0.15, -0.1) is 0 Å². The normalized spacial score (nSPS) is 11.8. The zero-order valence-electron chi connectivity index (χ0n) is 25.7. The number of ether oxygens (including phenoxy) is 1. The van der Waals surface area contributed by atoms with Crippen molar-refractivity contribution < 1.29 is 38.6 Å². The van der Waals surface area contributed by atoms with Crippen LogP contribution in [0, 0.1) is 17.3 Å². The van der Waals surface area contributed by atoms with Crippen molar-refractivity contribution in [1.82, 2.24) is 10.2 Å². The number of carboxylic acids is 1. The molecule has 1 aromatic rings. The topological polar surface area (TPSA) is 159 Å². The van der Waals surface area contributed by atoms with Gasteiger partial charge in [0.15, 0.2) is 11.6 Å². The summed E-state index contributed by atoms with van der Waals surface area (Å²) in [6, 6.07) is 4.21. The highest BCUT2D eigenvalue weighted by Gasteiger charge is 2.32. The van der Waals surface area contributed by atoms with E-state index in [1.54, 1.807) is 48.6 Å². The SMILES string of the molecule is CC(C)C(=O)CN(C)C(=O)CCC(C)(C)OCC(C)(C)C(=O)Nc1cc(C(=O)NCC(=O)O)cc(C(=O)C(C)C)c1. The summed E-state index contributed by atoms with van der Waals surface area (Å²) in [6.45, 7) is 13.4. The van der Waals surface area contributed by atoms with E-state index < -0.39 is 35.3 Å². The van der Waals surface area contributed by atoms with E-state index in [0.29, 0.717) is 6.42 Å². The molecule has 11 heteroatoms. The van der Waals surface area contributed by atoms with Gasteiger partial charge in [0, 0.05) is 42.1 Å². The number of ketones is 2. The minimum absolute atomic E-state index is 0.0122. The molecular formula is C30H45N3O8. The molecule has 11 nitrogen and oxygen atoms in total. The van der Waals surface area contributed by atoms with E-state index in [4.69, 9.17) is 9.84 Å². The van der Waals surface area contributed by atoms with Gasteiger partial charge in [-0.25, -0.2) is 0 Å². The largest absolute Gasteiger partial charge is 0.480 e. The third-order valence-corrected chi connectivity index (χ3v) is 6.50. The molecule has 1 aromatic carbocycles. The second kappa shape index (κ2) is 14.9. The van der Waals surface area contributed by atoms with Crippen LogP contribution < -0.4 is 10.6 Å². The number of hydrogen-bond acceptors (Lipinski definition) is 7. The lowest BCUT2D eigenvalue weighted by atomic mass is 9.92. The lowest BCUT2D eigenvalue weighted by Crippen LogP contribution is -2.39. The van der Waals surface area contributed by atoms with Gasteiger partial charge in [0.25, 0.3) is 5.91 Å². The average Bonchev–Trinajstić information content (AvgIpc) is 2.88. The minimum Gasteiger partial charge on any atom is -0.480 e. The number of amides is 3. The number of benzene rings is 1. The number of carbonyl (C=O) groups is 6. The summed E-state index contributed by atoms with van der Waals surface area (Å²) in [6.07, 6.45) is 0.544. The molecule has 41 heavy (non-hydrogen) atoms. The second-order valence-corrected chi connectivity index (χ2v) is 12.2. The molecule has 0 aliphatic heterocycles. The Morgan fingerprint density at radius 2 is 1.51 bits per heavy atom. The standard InChI is InChI=1S/C30H45N3O8/c1-18(2)23(34)16-33(9)24(35)10-11-30(7,8)41-17-29(5,6)28(40)32-22-13-20(26(38)19(3)4)12-21(14-22)27(39)31-15-25(36)37/h12-14,18-19H,10-11,15-17H2,1-9H3,(H,31,39)(H,32,40)(H,36,37). The van der Waals surface area contributed by atoms with Crippen LogP contribution in [0.15, 0.2) is 18.2 Å². The Morgan fingerprint density at radius 3 is 2.05 bits per heavy atom. The van der Waals surface area contributed by atoms with Crippen LogP contribution in [0.5, 0.6) is 0 Å². The van der Waals surface area contributed by atoms with Crippen molar-refractivity contribution in [2.24, 2.45) is 17.3 Å². The molecule has 0 saturated heterocycles. The molecule has 0 aliphatic carbocycles. The monoisotopic (exact) mass is 575 g/mol. The number of carbonyl (C=O) groups excluding carboxylic acids is 5. The van der Waals surface area contributed by atoms with E-state index in [1.165, 1.54) is 23.1 Å². The molecule has 1 rings (SSSR count). The van der Waals surface area contributed by atoms with Crippen molar-refractivity contribution in [1.29, 1.82) is 0 Å². The number of aliphatic carboxylic acids is 1. The summed E-state index contributed by atoms with van der Waals surface area (Å²) in [5.74, 6) is -3.30. The first-order valence-corrected chi connectivity index (χ1v) is 13.7. The Balaban J connectivity index is 2.94. The van der Waals surface area contributed by atoms with E-state index in [1.807, 2.05) is 13.8 Å². The predicted molar refractivity (Wildman–Crippen MR) is 155 cm³/mol. The molecule has 3 amide bonds. The highest BCUT2D eigenvalue weighted by Crippen LogP contribution is 2.26. The van der Waals surface area contributed by atoms with Crippen LogP contribution in [0.3, 0.4) is 0 Å². The van der Waals surface area contributed by atoms with Gasteiger partial charge in [0.05, 0.1) is 24.2 Å². The van der Waals surface area contributed by atoms with E-state index >= 15 is 0 Å². The summed E-state index contributed by atoms with van der Waals surface area (Å²) in [5, 5.41) is 13.9. The van der Waals surface area contributed by atoms with Gasteiger partial charge in [0.2, 0.25) is 11.8 Å². The molecule has 228 valence electrons. The molecule has 0 bridgehead atoms. The molecule has 0 aromatic heterocycles. The van der Waals surface area contributed by atoms with Gasteiger partial charge in [-0.1, -0.05) is 27.7 Å². The second-order valence-electron chi connectivity index (χ2n) is 12.2. The van der Waals surface area contributed by atoms with Crippen LogP contribution in [-0.4, -0.2) is 77.6 Å². The Bertz CT molecular complexity index is 1150. The van der Waals surface area contributed by atoms with Crippen LogP contribution in [0.25, 0.3) is 0 Å². The van der Waals surface area contributed by atoms with Gasteiger partial charge >= 0.3 is 5.97 Å². The van der Waals surface area contributed by atoms with E-state index in [0.717, 1.165) is 0 Å². The molecule has 0 unspecified atom stereocenters. The molecule has 0 radical (unpaired) electrons. The number of likely N-dealkylation sites (N-methyl/N-ethyl adjacent to an activating group) is 1. The van der Waals surface area contributed by atoms with E-state index in [9.17, 15) is 28.8 Å². The molecule has 0 spiro atoms. The maximum Gasteiger partial charge on any atom is 0.322 e. The minimum atomic E-state index is -1.22. The van der Waals surface area contributed by atoms with Crippen LogP contribution in [0.2, 0.25) is 0 Å². The van der Waals surface area contributed by atoms with Crippen molar-refractivity contribution in [3.05, 3.63) is 29.3 Å². The van der Waals surface area contributed by atoms with E-state index in [-0.39, 0.29) is 65.7 Å². The maximum absolute atomic E-state index is 13.2. The molecule has 0 fully saturated rings. The fourth-order valence-corrected chi connectivity index (χ4v) is 3.48. The fraction of sp³-hybridized carbons (Fsp3) is 0.600. The highest BCUT2D eigenvalue weighted by atomic mass is 16.5. The number of carboxylic acid groups (broad SMARTS) is 1. The van der Waals surface area contributed by atoms with Gasteiger partial charge in [-0.05, 0) is 52.3 Å². The fourth-order valence-electron chi connectivity index (χ4n) is 3.48. The Hall–Kier alpha value is -3.60. The quantitative estimate of drug-likeness (QED) is 0.252. The van der Waals surface area contributed by atoms with E-state index in [2.05, 4.69) is 10.6 Å². The zero-order valence-corrected chi connectivity index (χ0v) is 25.7. The Kier molecular flexibility index (Phi) is 12.8. The van der Waals surface area contributed by atoms with Crippen molar-refractivity contribution >= 4 is 40.9 Å². The number of rotatable bonds is 16. The molecule has 0 atom stereocenters.